The topological polar surface area (TPSA) is 78.4 Å². The zero-order valence-corrected chi connectivity index (χ0v) is 16.5. The third-order valence-electron chi connectivity index (χ3n) is 3.88. The molecule has 0 amide bonds. The van der Waals surface area contributed by atoms with Gasteiger partial charge in [0, 0.05) is 44.5 Å². The molecule has 1 fully saturated rings. The smallest absolute Gasteiger partial charge is 0.252 e. The van der Waals surface area contributed by atoms with Crippen molar-refractivity contribution in [3.63, 3.8) is 0 Å². The van der Waals surface area contributed by atoms with Crippen molar-refractivity contribution in [3.8, 4) is 0 Å². The average molecular weight is 402 g/mol. The Balaban J connectivity index is 1.72. The number of aromatic nitrogens is 2. The molecule has 2 aromatic rings. The van der Waals surface area contributed by atoms with Crippen LogP contribution in [0.2, 0.25) is 4.34 Å². The van der Waals surface area contributed by atoms with Crippen LogP contribution in [0, 0.1) is 6.92 Å². The Morgan fingerprint density at radius 1 is 1.24 bits per heavy atom. The lowest BCUT2D eigenvalue weighted by Gasteiger charge is -2.34. The van der Waals surface area contributed by atoms with Crippen molar-refractivity contribution in [2.45, 2.75) is 18.1 Å². The number of anilines is 2. The van der Waals surface area contributed by atoms with Crippen molar-refractivity contribution < 1.29 is 8.42 Å². The molecule has 1 aliphatic rings. The number of rotatable bonds is 5. The molecule has 0 unspecified atom stereocenters. The molecule has 1 saturated heterocycles. The Morgan fingerprint density at radius 3 is 2.56 bits per heavy atom. The fourth-order valence-electron chi connectivity index (χ4n) is 2.67. The van der Waals surface area contributed by atoms with E-state index in [0.717, 1.165) is 29.4 Å². The maximum Gasteiger partial charge on any atom is 0.252 e. The first-order valence-electron chi connectivity index (χ1n) is 8.00. The number of nitrogens with zero attached hydrogens (tertiary/aromatic N) is 4. The zero-order chi connectivity index (χ0) is 18.0. The molecular weight excluding hydrogens is 382 g/mol. The van der Waals surface area contributed by atoms with Crippen LogP contribution in [0.15, 0.2) is 22.4 Å². The lowest BCUT2D eigenvalue weighted by atomic mass is 10.3. The molecule has 3 heterocycles. The van der Waals surface area contributed by atoms with E-state index in [0.29, 0.717) is 40.7 Å². The van der Waals surface area contributed by atoms with Crippen molar-refractivity contribution in [1.29, 1.82) is 0 Å². The number of aryl methyl sites for hydroxylation is 1. The van der Waals surface area contributed by atoms with Crippen molar-refractivity contribution in [3.05, 3.63) is 28.2 Å². The van der Waals surface area contributed by atoms with Gasteiger partial charge in [-0.2, -0.15) is 9.29 Å². The molecule has 0 atom stereocenters. The van der Waals surface area contributed by atoms with Crippen LogP contribution in [-0.4, -0.2) is 55.4 Å². The predicted octanol–water partition coefficient (Wildman–Crippen LogP) is 2.44. The molecule has 136 valence electrons. The van der Waals surface area contributed by atoms with Crippen molar-refractivity contribution >= 4 is 44.7 Å². The van der Waals surface area contributed by atoms with Gasteiger partial charge in [0.1, 0.15) is 10.0 Å². The van der Waals surface area contributed by atoms with Crippen LogP contribution < -0.4 is 10.2 Å². The summed E-state index contributed by atoms with van der Waals surface area (Å²) >= 11 is 6.96. The van der Waals surface area contributed by atoms with Crippen molar-refractivity contribution in [2.75, 3.05) is 42.9 Å². The standard InChI is InChI=1S/C15H20ClN5O2S2/c1-3-17-15-18-11(2)10-13(19-15)20-6-8-21(9-7-20)25(22,23)14-5-4-12(16)24-14/h4-5,10H,3,6-9H2,1-2H3,(H,17,18,19). The van der Waals surface area contributed by atoms with Crippen LogP contribution in [0.1, 0.15) is 12.6 Å². The minimum atomic E-state index is -3.48. The summed E-state index contributed by atoms with van der Waals surface area (Å²) in [6.45, 7) is 6.66. The molecule has 0 aromatic carbocycles. The van der Waals surface area contributed by atoms with Crippen molar-refractivity contribution in [2.24, 2.45) is 0 Å². The minimum absolute atomic E-state index is 0.290. The molecule has 0 radical (unpaired) electrons. The highest BCUT2D eigenvalue weighted by molar-refractivity contribution is 7.91. The zero-order valence-electron chi connectivity index (χ0n) is 14.1. The Morgan fingerprint density at radius 2 is 1.96 bits per heavy atom. The lowest BCUT2D eigenvalue weighted by Crippen LogP contribution is -2.48. The number of hydrogen-bond donors (Lipinski definition) is 1. The summed E-state index contributed by atoms with van der Waals surface area (Å²) in [4.78, 5) is 11.0. The van der Waals surface area contributed by atoms with Gasteiger partial charge in [-0.05, 0) is 26.0 Å². The Hall–Kier alpha value is -1.42. The number of sulfonamides is 1. The first kappa shape index (κ1) is 18.4. The predicted molar refractivity (Wildman–Crippen MR) is 101 cm³/mol. The Kier molecular flexibility index (Phi) is 5.47. The van der Waals surface area contributed by atoms with Crippen LogP contribution in [0.5, 0.6) is 0 Å². The highest BCUT2D eigenvalue weighted by atomic mass is 35.5. The molecule has 7 nitrogen and oxygen atoms in total. The molecular formula is C15H20ClN5O2S2. The van der Waals surface area contributed by atoms with Gasteiger partial charge in [-0.3, -0.25) is 0 Å². The van der Waals surface area contributed by atoms with Crippen LogP contribution >= 0.6 is 22.9 Å². The number of piperazine rings is 1. The summed E-state index contributed by atoms with van der Waals surface area (Å²) in [5.74, 6) is 1.42. The third-order valence-corrected chi connectivity index (χ3v) is 7.48. The average Bonchev–Trinajstić information content (AvgIpc) is 3.02. The summed E-state index contributed by atoms with van der Waals surface area (Å²) < 4.78 is 27.6. The van der Waals surface area contributed by atoms with E-state index in [1.54, 1.807) is 12.1 Å². The van der Waals surface area contributed by atoms with Gasteiger partial charge in [0.15, 0.2) is 0 Å². The van der Waals surface area contributed by atoms with Gasteiger partial charge in [-0.15, -0.1) is 11.3 Å². The van der Waals surface area contributed by atoms with Gasteiger partial charge in [0.05, 0.1) is 4.34 Å². The first-order valence-corrected chi connectivity index (χ1v) is 10.6. The van der Waals surface area contributed by atoms with E-state index >= 15 is 0 Å². The maximum atomic E-state index is 12.7. The second-order valence-electron chi connectivity index (χ2n) is 5.67. The number of halogens is 1. The SMILES string of the molecule is CCNc1nc(C)cc(N2CCN(S(=O)(=O)c3ccc(Cl)s3)CC2)n1. The third kappa shape index (κ3) is 4.05. The Bertz CT molecular complexity index is 847. The summed E-state index contributed by atoms with van der Waals surface area (Å²) in [7, 11) is -3.48. The lowest BCUT2D eigenvalue weighted by molar-refractivity contribution is 0.384. The summed E-state index contributed by atoms with van der Waals surface area (Å²) in [5, 5.41) is 3.12. The van der Waals surface area contributed by atoms with E-state index in [1.807, 2.05) is 19.9 Å². The second-order valence-corrected chi connectivity index (χ2v) is 9.55. The summed E-state index contributed by atoms with van der Waals surface area (Å²) in [5.41, 5.74) is 0.879. The van der Waals surface area contributed by atoms with E-state index in [-0.39, 0.29) is 0 Å². The number of hydrogen-bond acceptors (Lipinski definition) is 7. The molecule has 25 heavy (non-hydrogen) atoms. The van der Waals surface area contributed by atoms with E-state index in [9.17, 15) is 8.42 Å². The Labute approximate surface area is 156 Å². The molecule has 0 spiro atoms. The number of thiophene rings is 1. The highest BCUT2D eigenvalue weighted by Crippen LogP contribution is 2.29. The van der Waals surface area contributed by atoms with Crippen LogP contribution in [0.4, 0.5) is 11.8 Å². The van der Waals surface area contributed by atoms with Crippen LogP contribution in [-0.2, 0) is 10.0 Å². The molecule has 0 aliphatic carbocycles. The van der Waals surface area contributed by atoms with Crippen LogP contribution in [0.25, 0.3) is 0 Å². The number of nitrogens with one attached hydrogen (secondary N) is 1. The van der Waals surface area contributed by atoms with Gasteiger partial charge < -0.3 is 10.2 Å². The van der Waals surface area contributed by atoms with Gasteiger partial charge in [-0.1, -0.05) is 11.6 Å². The molecule has 1 N–H and O–H groups in total. The first-order chi connectivity index (χ1) is 11.9. The van der Waals surface area contributed by atoms with Crippen molar-refractivity contribution in [1.82, 2.24) is 14.3 Å². The van der Waals surface area contributed by atoms with Gasteiger partial charge in [0.2, 0.25) is 5.95 Å². The van der Waals surface area contributed by atoms with E-state index < -0.39 is 10.0 Å². The van der Waals surface area contributed by atoms with E-state index in [4.69, 9.17) is 11.6 Å². The molecule has 10 heteroatoms. The molecule has 3 rings (SSSR count). The molecule has 2 aromatic heterocycles. The fourth-order valence-corrected chi connectivity index (χ4v) is 5.73. The normalized spacial score (nSPS) is 16.2. The molecule has 1 aliphatic heterocycles. The largest absolute Gasteiger partial charge is 0.354 e. The summed E-state index contributed by atoms with van der Waals surface area (Å²) in [6, 6.07) is 5.09. The summed E-state index contributed by atoms with van der Waals surface area (Å²) in [6.07, 6.45) is 0. The van der Waals surface area contributed by atoms with Gasteiger partial charge in [0.25, 0.3) is 10.0 Å². The van der Waals surface area contributed by atoms with E-state index in [1.165, 1.54) is 4.31 Å². The quantitative estimate of drug-likeness (QED) is 0.829. The minimum Gasteiger partial charge on any atom is -0.354 e. The highest BCUT2D eigenvalue weighted by Gasteiger charge is 2.30. The van der Waals surface area contributed by atoms with E-state index in [2.05, 4.69) is 20.2 Å². The maximum absolute atomic E-state index is 12.7. The van der Waals surface area contributed by atoms with Gasteiger partial charge in [-0.25, -0.2) is 13.4 Å². The molecule has 0 bridgehead atoms. The monoisotopic (exact) mass is 401 g/mol. The fraction of sp³-hybridized carbons (Fsp3) is 0.467. The van der Waals surface area contributed by atoms with Crippen LogP contribution in [0.3, 0.4) is 0 Å². The second kappa shape index (κ2) is 7.45. The van der Waals surface area contributed by atoms with Gasteiger partial charge >= 0.3 is 0 Å². The molecule has 0 saturated carbocycles.